The highest BCUT2D eigenvalue weighted by Gasteiger charge is 2.20. The molecular formula is C9H12FN3O5S2. The van der Waals surface area contributed by atoms with Crippen molar-refractivity contribution >= 4 is 31.4 Å². The Labute approximate surface area is 115 Å². The fraction of sp³-hybridized carbons (Fsp3) is 0.222. The molecule has 0 amide bonds. The molecule has 1 rings (SSSR count). The van der Waals surface area contributed by atoms with Crippen molar-refractivity contribution in [1.29, 1.82) is 0 Å². The molecule has 0 fully saturated rings. The highest BCUT2D eigenvalue weighted by atomic mass is 32.3. The van der Waals surface area contributed by atoms with E-state index in [2.05, 4.69) is 5.16 Å². The number of benzene rings is 1. The van der Waals surface area contributed by atoms with Crippen molar-refractivity contribution in [2.45, 2.75) is 0 Å². The molecule has 20 heavy (non-hydrogen) atoms. The lowest BCUT2D eigenvalue weighted by atomic mass is 10.1. The number of amidine groups is 1. The van der Waals surface area contributed by atoms with Crippen LogP contribution in [0.25, 0.3) is 0 Å². The van der Waals surface area contributed by atoms with Gasteiger partial charge in [-0.25, -0.2) is 21.2 Å². The van der Waals surface area contributed by atoms with Gasteiger partial charge in [0.25, 0.3) is 0 Å². The summed E-state index contributed by atoms with van der Waals surface area (Å²) in [6.07, 6.45) is 0.751. The van der Waals surface area contributed by atoms with Crippen LogP contribution in [-0.4, -0.2) is 39.2 Å². The Balaban J connectivity index is 3.22. The molecule has 0 heterocycles. The number of hydrogen-bond donors (Lipinski definition) is 3. The summed E-state index contributed by atoms with van der Waals surface area (Å²) >= 11 is 0. The summed E-state index contributed by atoms with van der Waals surface area (Å²) in [4.78, 5) is 0. The number of oxime groups is 1. The molecule has 0 unspecified atom stereocenters. The number of nitrogens with zero attached hydrogens (tertiary/aromatic N) is 1. The molecule has 4 N–H and O–H groups in total. The van der Waals surface area contributed by atoms with Crippen LogP contribution in [-0.2, 0) is 19.9 Å². The van der Waals surface area contributed by atoms with Gasteiger partial charge in [-0.15, -0.1) is 0 Å². The molecule has 0 atom stereocenters. The number of hydrogen-bond acceptors (Lipinski definition) is 6. The third-order valence-electron chi connectivity index (χ3n) is 2.00. The quantitative estimate of drug-likeness (QED) is 0.293. The average Bonchev–Trinajstić information content (AvgIpc) is 2.27. The van der Waals surface area contributed by atoms with Crippen LogP contribution in [0.15, 0.2) is 23.4 Å². The molecule has 0 radical (unpaired) electrons. The maximum absolute atomic E-state index is 13.1. The minimum Gasteiger partial charge on any atom is -0.409 e. The lowest BCUT2D eigenvalue weighted by molar-refractivity contribution is 0.318. The third kappa shape index (κ3) is 4.66. The summed E-state index contributed by atoms with van der Waals surface area (Å²) in [5.74, 6) is -1.26. The second kappa shape index (κ2) is 5.63. The van der Waals surface area contributed by atoms with Gasteiger partial charge in [0.1, 0.15) is 5.82 Å². The van der Waals surface area contributed by atoms with Crippen molar-refractivity contribution in [2.24, 2.45) is 10.9 Å². The predicted molar refractivity (Wildman–Crippen MR) is 71.2 cm³/mol. The number of anilines is 1. The Morgan fingerprint density at radius 2 is 2.00 bits per heavy atom. The fourth-order valence-corrected chi connectivity index (χ4v) is 4.35. The van der Waals surface area contributed by atoms with E-state index in [0.29, 0.717) is 0 Å². The van der Waals surface area contributed by atoms with Crippen molar-refractivity contribution in [3.05, 3.63) is 29.6 Å². The van der Waals surface area contributed by atoms with Gasteiger partial charge in [0, 0.05) is 11.8 Å². The normalized spacial score (nSPS) is 13.2. The first-order valence-electron chi connectivity index (χ1n) is 5.00. The van der Waals surface area contributed by atoms with E-state index in [1.165, 1.54) is 0 Å². The molecule has 0 aromatic heterocycles. The molecule has 0 saturated heterocycles. The Kier molecular flexibility index (Phi) is 4.55. The largest absolute Gasteiger partial charge is 0.409 e. The number of sulfonamides is 1. The Morgan fingerprint density at radius 3 is 2.50 bits per heavy atom. The van der Waals surface area contributed by atoms with Gasteiger partial charge in [-0.1, -0.05) is 5.16 Å². The highest BCUT2D eigenvalue weighted by molar-refractivity contribution is 8.08. The molecule has 0 saturated carbocycles. The van der Waals surface area contributed by atoms with Crippen LogP contribution in [0.1, 0.15) is 5.56 Å². The minimum absolute atomic E-state index is 0.203. The average molecular weight is 325 g/mol. The molecule has 0 aliphatic heterocycles. The lowest BCUT2D eigenvalue weighted by Crippen LogP contribution is -2.24. The van der Waals surface area contributed by atoms with Crippen molar-refractivity contribution in [3.63, 3.8) is 0 Å². The maximum atomic E-state index is 13.1. The fourth-order valence-electron chi connectivity index (χ4n) is 1.35. The summed E-state index contributed by atoms with van der Waals surface area (Å²) in [6.45, 7) is 0. The molecule has 0 aliphatic carbocycles. The summed E-state index contributed by atoms with van der Waals surface area (Å²) in [5, 5.41) is 10.0. The Morgan fingerprint density at radius 1 is 1.40 bits per heavy atom. The smallest absolute Gasteiger partial charge is 0.247 e. The van der Waals surface area contributed by atoms with Gasteiger partial charge in [0.05, 0.1) is 5.69 Å². The summed E-state index contributed by atoms with van der Waals surface area (Å²) in [5.41, 5.74) is 4.87. The number of nitrogens with one attached hydrogen (secondary N) is 1. The van der Waals surface area contributed by atoms with Gasteiger partial charge >= 0.3 is 0 Å². The van der Waals surface area contributed by atoms with Gasteiger partial charge in [0.2, 0.25) is 10.0 Å². The molecule has 11 heteroatoms. The first kappa shape index (κ1) is 16.2. The molecular weight excluding hydrogens is 313 g/mol. The predicted octanol–water partition coefficient (Wildman–Crippen LogP) is -0.336. The molecule has 0 spiro atoms. The second-order valence-electron chi connectivity index (χ2n) is 3.94. The number of rotatable bonds is 5. The molecule has 0 bridgehead atoms. The third-order valence-corrected chi connectivity index (χ3v) is 5.48. The van der Waals surface area contributed by atoms with Crippen LogP contribution in [0.3, 0.4) is 0 Å². The van der Waals surface area contributed by atoms with E-state index in [1.54, 1.807) is 0 Å². The maximum Gasteiger partial charge on any atom is 0.247 e. The van der Waals surface area contributed by atoms with E-state index < -0.39 is 36.6 Å². The topological polar surface area (TPSA) is 139 Å². The molecule has 1 aromatic carbocycles. The van der Waals surface area contributed by atoms with Gasteiger partial charge < -0.3 is 10.9 Å². The SMILES string of the molecule is CS(=O)(=O)CS(=O)(=O)Nc1ccc(F)cc1/C(N)=N/O. The molecule has 112 valence electrons. The van der Waals surface area contributed by atoms with E-state index in [4.69, 9.17) is 10.9 Å². The zero-order valence-corrected chi connectivity index (χ0v) is 11.9. The molecule has 8 nitrogen and oxygen atoms in total. The van der Waals surface area contributed by atoms with Crippen molar-refractivity contribution in [3.8, 4) is 0 Å². The summed E-state index contributed by atoms with van der Waals surface area (Å²) in [7, 11) is -8.01. The van der Waals surface area contributed by atoms with Crippen molar-refractivity contribution in [2.75, 3.05) is 16.1 Å². The first-order chi connectivity index (χ1) is 9.04. The van der Waals surface area contributed by atoms with Gasteiger partial charge in [0.15, 0.2) is 20.8 Å². The Bertz CT molecular complexity index is 743. The molecule has 1 aromatic rings. The first-order valence-corrected chi connectivity index (χ1v) is 8.71. The van der Waals surface area contributed by atoms with Gasteiger partial charge in [-0.2, -0.15) is 0 Å². The zero-order chi connectivity index (χ0) is 15.6. The second-order valence-corrected chi connectivity index (χ2v) is 8.16. The van der Waals surface area contributed by atoms with Crippen LogP contribution in [0.4, 0.5) is 10.1 Å². The lowest BCUT2D eigenvalue weighted by Gasteiger charge is -2.11. The van der Waals surface area contributed by atoms with E-state index in [9.17, 15) is 21.2 Å². The monoisotopic (exact) mass is 325 g/mol. The summed E-state index contributed by atoms with van der Waals surface area (Å²) < 4.78 is 60.3. The van der Waals surface area contributed by atoms with E-state index in [1.807, 2.05) is 4.72 Å². The van der Waals surface area contributed by atoms with Crippen LogP contribution in [0.5, 0.6) is 0 Å². The highest BCUT2D eigenvalue weighted by Crippen LogP contribution is 2.18. The summed E-state index contributed by atoms with van der Waals surface area (Å²) in [6, 6.07) is 2.81. The number of nitrogens with two attached hydrogens (primary N) is 1. The Hall–Kier alpha value is -1.88. The minimum atomic E-state index is -4.22. The van der Waals surface area contributed by atoms with E-state index in [0.717, 1.165) is 24.5 Å². The zero-order valence-electron chi connectivity index (χ0n) is 10.2. The van der Waals surface area contributed by atoms with Crippen LogP contribution < -0.4 is 10.5 Å². The molecule has 0 aliphatic rings. The number of sulfone groups is 1. The van der Waals surface area contributed by atoms with Gasteiger partial charge in [-0.3, -0.25) is 4.72 Å². The van der Waals surface area contributed by atoms with E-state index >= 15 is 0 Å². The van der Waals surface area contributed by atoms with Crippen LogP contribution in [0, 0.1) is 5.82 Å². The number of halogens is 1. The van der Waals surface area contributed by atoms with Crippen molar-refractivity contribution < 1.29 is 26.4 Å². The van der Waals surface area contributed by atoms with Crippen LogP contribution >= 0.6 is 0 Å². The standard InChI is InChI=1S/C9H12FN3O5S2/c1-19(15,16)5-20(17,18)13-8-3-2-6(10)4-7(8)9(11)12-14/h2-4,13-14H,5H2,1H3,(H2,11,12). The van der Waals surface area contributed by atoms with Gasteiger partial charge in [-0.05, 0) is 18.2 Å². The van der Waals surface area contributed by atoms with Crippen LogP contribution in [0.2, 0.25) is 0 Å². The van der Waals surface area contributed by atoms with Crippen molar-refractivity contribution in [1.82, 2.24) is 0 Å². The van der Waals surface area contributed by atoms with E-state index in [-0.39, 0.29) is 11.3 Å².